The Morgan fingerprint density at radius 2 is 2.27 bits per heavy atom. The van der Waals surface area contributed by atoms with Gasteiger partial charge in [0.25, 0.3) is 0 Å². The number of hydrogen-bond donors (Lipinski definition) is 1. The lowest BCUT2D eigenvalue weighted by atomic mass is 10.1. The quantitative estimate of drug-likeness (QED) is 0.837. The predicted molar refractivity (Wildman–Crippen MR) is 67.7 cm³/mol. The van der Waals surface area contributed by atoms with Gasteiger partial charge in [-0.05, 0) is 44.2 Å². The van der Waals surface area contributed by atoms with Crippen molar-refractivity contribution in [3.8, 4) is 0 Å². The number of hydrogen-bond acceptors (Lipinski definition) is 2. The maximum absolute atomic E-state index is 5.94. The van der Waals surface area contributed by atoms with Crippen molar-refractivity contribution in [1.82, 2.24) is 5.32 Å². The van der Waals surface area contributed by atoms with Crippen molar-refractivity contribution >= 4 is 22.9 Å². The highest BCUT2D eigenvalue weighted by atomic mass is 35.5. The standard InChI is InChI=1S/C12H18ClNS/c1-8-3-4-10(7-8)14-9(2)11-5-6-12(13)15-11/h5-6,8-10,14H,3-4,7H2,1-2H3. The van der Waals surface area contributed by atoms with E-state index >= 15 is 0 Å². The van der Waals surface area contributed by atoms with E-state index in [-0.39, 0.29) is 0 Å². The summed E-state index contributed by atoms with van der Waals surface area (Å²) < 4.78 is 0.887. The maximum atomic E-state index is 5.94. The van der Waals surface area contributed by atoms with Crippen LogP contribution in [-0.4, -0.2) is 6.04 Å². The Morgan fingerprint density at radius 3 is 2.80 bits per heavy atom. The average Bonchev–Trinajstić information content (AvgIpc) is 2.75. The molecule has 0 spiro atoms. The summed E-state index contributed by atoms with van der Waals surface area (Å²) in [5.74, 6) is 0.890. The number of nitrogens with one attached hydrogen (secondary N) is 1. The van der Waals surface area contributed by atoms with Gasteiger partial charge in [-0.2, -0.15) is 0 Å². The minimum Gasteiger partial charge on any atom is -0.307 e. The lowest BCUT2D eigenvalue weighted by Gasteiger charge is -2.18. The van der Waals surface area contributed by atoms with Gasteiger partial charge in [-0.15, -0.1) is 11.3 Å². The Balaban J connectivity index is 1.89. The van der Waals surface area contributed by atoms with Crippen molar-refractivity contribution in [2.24, 2.45) is 5.92 Å². The molecule has 3 unspecified atom stereocenters. The molecule has 1 saturated carbocycles. The van der Waals surface area contributed by atoms with E-state index in [9.17, 15) is 0 Å². The minimum atomic E-state index is 0.442. The summed E-state index contributed by atoms with van der Waals surface area (Å²) in [4.78, 5) is 1.35. The fraction of sp³-hybridized carbons (Fsp3) is 0.667. The van der Waals surface area contributed by atoms with Crippen LogP contribution in [0.15, 0.2) is 12.1 Å². The largest absolute Gasteiger partial charge is 0.307 e. The molecule has 84 valence electrons. The molecule has 1 heterocycles. The molecule has 2 rings (SSSR count). The normalized spacial score (nSPS) is 28.2. The zero-order chi connectivity index (χ0) is 10.8. The summed E-state index contributed by atoms with van der Waals surface area (Å²) in [6.45, 7) is 4.57. The summed E-state index contributed by atoms with van der Waals surface area (Å²) >= 11 is 7.62. The molecule has 0 aliphatic heterocycles. The van der Waals surface area contributed by atoms with Crippen LogP contribution in [0.3, 0.4) is 0 Å². The number of rotatable bonds is 3. The van der Waals surface area contributed by atoms with E-state index in [1.807, 2.05) is 6.07 Å². The smallest absolute Gasteiger partial charge is 0.0931 e. The van der Waals surface area contributed by atoms with Crippen LogP contribution in [0.25, 0.3) is 0 Å². The molecule has 1 aromatic heterocycles. The zero-order valence-corrected chi connectivity index (χ0v) is 10.9. The van der Waals surface area contributed by atoms with Gasteiger partial charge >= 0.3 is 0 Å². The van der Waals surface area contributed by atoms with E-state index in [0.717, 1.165) is 10.3 Å². The summed E-state index contributed by atoms with van der Waals surface area (Å²) in [6.07, 6.45) is 4.02. The maximum Gasteiger partial charge on any atom is 0.0931 e. The second kappa shape index (κ2) is 4.86. The number of halogens is 1. The molecule has 1 N–H and O–H groups in total. The van der Waals surface area contributed by atoms with Crippen LogP contribution in [0.4, 0.5) is 0 Å². The van der Waals surface area contributed by atoms with E-state index in [4.69, 9.17) is 11.6 Å². The van der Waals surface area contributed by atoms with Crippen LogP contribution >= 0.6 is 22.9 Å². The molecule has 1 aliphatic rings. The highest BCUT2D eigenvalue weighted by Crippen LogP contribution is 2.30. The first-order chi connectivity index (χ1) is 7.15. The van der Waals surface area contributed by atoms with E-state index in [0.29, 0.717) is 12.1 Å². The second-order valence-corrected chi connectivity index (χ2v) is 6.39. The second-order valence-electron chi connectivity index (χ2n) is 4.65. The van der Waals surface area contributed by atoms with Gasteiger partial charge in [-0.25, -0.2) is 0 Å². The van der Waals surface area contributed by atoms with Crippen molar-refractivity contribution in [3.05, 3.63) is 21.3 Å². The van der Waals surface area contributed by atoms with E-state index in [1.165, 1.54) is 24.1 Å². The third-order valence-corrected chi connectivity index (χ3v) is 4.62. The Labute approximate surface area is 101 Å². The van der Waals surface area contributed by atoms with Gasteiger partial charge in [0.2, 0.25) is 0 Å². The third-order valence-electron chi connectivity index (χ3n) is 3.20. The highest BCUT2D eigenvalue weighted by Gasteiger charge is 2.23. The van der Waals surface area contributed by atoms with Gasteiger partial charge in [0, 0.05) is 17.0 Å². The topological polar surface area (TPSA) is 12.0 Å². The van der Waals surface area contributed by atoms with Crippen molar-refractivity contribution in [2.45, 2.75) is 45.2 Å². The summed E-state index contributed by atoms with van der Waals surface area (Å²) in [5.41, 5.74) is 0. The minimum absolute atomic E-state index is 0.442. The Hall–Kier alpha value is -0.0500. The highest BCUT2D eigenvalue weighted by molar-refractivity contribution is 7.16. The van der Waals surface area contributed by atoms with E-state index in [1.54, 1.807) is 11.3 Å². The Bertz CT molecular complexity index is 323. The van der Waals surface area contributed by atoms with Gasteiger partial charge in [0.05, 0.1) is 4.34 Å². The van der Waals surface area contributed by atoms with Gasteiger partial charge in [0.15, 0.2) is 0 Å². The Kier molecular flexibility index (Phi) is 3.70. The summed E-state index contributed by atoms with van der Waals surface area (Å²) in [5, 5.41) is 3.69. The molecule has 0 radical (unpaired) electrons. The van der Waals surface area contributed by atoms with Crippen LogP contribution in [0.1, 0.15) is 44.0 Å². The van der Waals surface area contributed by atoms with Crippen molar-refractivity contribution in [3.63, 3.8) is 0 Å². The van der Waals surface area contributed by atoms with Crippen LogP contribution < -0.4 is 5.32 Å². The molecule has 3 atom stereocenters. The van der Waals surface area contributed by atoms with Gasteiger partial charge in [-0.1, -0.05) is 18.5 Å². The molecule has 1 aliphatic carbocycles. The van der Waals surface area contributed by atoms with Crippen LogP contribution in [0.2, 0.25) is 4.34 Å². The fourth-order valence-corrected chi connectivity index (χ4v) is 3.43. The van der Waals surface area contributed by atoms with Crippen LogP contribution in [-0.2, 0) is 0 Å². The number of thiophene rings is 1. The first-order valence-corrected chi connectivity index (χ1v) is 6.86. The molecule has 0 aromatic carbocycles. The molecule has 0 amide bonds. The lowest BCUT2D eigenvalue weighted by molar-refractivity contribution is 0.453. The molecule has 3 heteroatoms. The third kappa shape index (κ3) is 2.96. The molecule has 0 saturated heterocycles. The molecule has 1 aromatic rings. The fourth-order valence-electron chi connectivity index (χ4n) is 2.36. The first kappa shape index (κ1) is 11.4. The van der Waals surface area contributed by atoms with Gasteiger partial charge in [0.1, 0.15) is 0 Å². The lowest BCUT2D eigenvalue weighted by Crippen LogP contribution is -2.28. The van der Waals surface area contributed by atoms with Gasteiger partial charge in [-0.3, -0.25) is 0 Å². The molecule has 15 heavy (non-hydrogen) atoms. The zero-order valence-electron chi connectivity index (χ0n) is 9.29. The Morgan fingerprint density at radius 1 is 1.47 bits per heavy atom. The predicted octanol–water partition coefficient (Wildman–Crippen LogP) is 4.24. The van der Waals surface area contributed by atoms with Crippen molar-refractivity contribution < 1.29 is 0 Å². The van der Waals surface area contributed by atoms with Gasteiger partial charge < -0.3 is 5.32 Å². The molecular formula is C12H18ClNS. The van der Waals surface area contributed by atoms with E-state index in [2.05, 4.69) is 25.2 Å². The molecule has 1 fully saturated rings. The SMILES string of the molecule is CC1CCC(NC(C)c2ccc(Cl)s2)C1. The molecule has 1 nitrogen and oxygen atoms in total. The summed E-state index contributed by atoms with van der Waals surface area (Å²) in [7, 11) is 0. The molecular weight excluding hydrogens is 226 g/mol. The first-order valence-electron chi connectivity index (χ1n) is 5.66. The monoisotopic (exact) mass is 243 g/mol. The average molecular weight is 244 g/mol. The van der Waals surface area contributed by atoms with Crippen molar-refractivity contribution in [2.75, 3.05) is 0 Å². The molecule has 0 bridgehead atoms. The van der Waals surface area contributed by atoms with Crippen molar-refractivity contribution in [1.29, 1.82) is 0 Å². The van der Waals surface area contributed by atoms with E-state index < -0.39 is 0 Å². The summed E-state index contributed by atoms with van der Waals surface area (Å²) in [6, 6.07) is 5.26. The van der Waals surface area contributed by atoms with Crippen LogP contribution in [0.5, 0.6) is 0 Å². The van der Waals surface area contributed by atoms with Crippen LogP contribution in [0, 0.1) is 5.92 Å².